The summed E-state index contributed by atoms with van der Waals surface area (Å²) in [5.74, 6) is -0.412. The van der Waals surface area contributed by atoms with E-state index in [2.05, 4.69) is 17.1 Å². The van der Waals surface area contributed by atoms with Crippen LogP contribution in [0.4, 0.5) is 4.39 Å². The van der Waals surface area contributed by atoms with Gasteiger partial charge in [0, 0.05) is 13.1 Å². The van der Waals surface area contributed by atoms with Gasteiger partial charge in [-0.1, -0.05) is 13.0 Å². The average Bonchev–Trinajstić information content (AvgIpc) is 2.54. The van der Waals surface area contributed by atoms with E-state index in [9.17, 15) is 9.18 Å². The van der Waals surface area contributed by atoms with E-state index in [1.54, 1.807) is 12.1 Å². The SMILES string of the molecule is CCN1CCOC(C(=O)NC(C)c2ccc(OC)c(F)c2)C1. The smallest absolute Gasteiger partial charge is 0.250 e. The second-order valence-corrected chi connectivity index (χ2v) is 5.38. The van der Waals surface area contributed by atoms with Gasteiger partial charge < -0.3 is 14.8 Å². The van der Waals surface area contributed by atoms with Crippen LogP contribution in [0.2, 0.25) is 0 Å². The first-order valence-corrected chi connectivity index (χ1v) is 7.53. The minimum Gasteiger partial charge on any atom is -0.494 e. The van der Waals surface area contributed by atoms with Gasteiger partial charge in [-0.3, -0.25) is 9.69 Å². The van der Waals surface area contributed by atoms with Crippen molar-refractivity contribution in [3.63, 3.8) is 0 Å². The molecule has 1 saturated heterocycles. The van der Waals surface area contributed by atoms with Gasteiger partial charge in [0.2, 0.25) is 0 Å². The lowest BCUT2D eigenvalue weighted by molar-refractivity contribution is -0.139. The first kappa shape index (κ1) is 16.7. The molecular formula is C16H23FN2O3. The van der Waals surface area contributed by atoms with Crippen molar-refractivity contribution in [2.75, 3.05) is 33.4 Å². The summed E-state index contributed by atoms with van der Waals surface area (Å²) in [6.07, 6.45) is -0.473. The second-order valence-electron chi connectivity index (χ2n) is 5.38. The minimum atomic E-state index is -0.473. The summed E-state index contributed by atoms with van der Waals surface area (Å²) in [7, 11) is 1.42. The number of ether oxygens (including phenoxy) is 2. The topological polar surface area (TPSA) is 50.8 Å². The molecule has 0 aromatic heterocycles. The van der Waals surface area contributed by atoms with Crippen LogP contribution < -0.4 is 10.1 Å². The zero-order chi connectivity index (χ0) is 16.1. The lowest BCUT2D eigenvalue weighted by Crippen LogP contribution is -2.50. The van der Waals surface area contributed by atoms with Crippen molar-refractivity contribution in [1.82, 2.24) is 10.2 Å². The summed E-state index contributed by atoms with van der Waals surface area (Å²) in [5, 5.41) is 2.88. The molecule has 2 unspecified atom stereocenters. The molecule has 1 aromatic carbocycles. The Kier molecular flexibility index (Phi) is 5.74. The lowest BCUT2D eigenvalue weighted by atomic mass is 10.1. The molecule has 22 heavy (non-hydrogen) atoms. The third-order valence-corrected chi connectivity index (χ3v) is 3.92. The van der Waals surface area contributed by atoms with Crippen LogP contribution in [0.15, 0.2) is 18.2 Å². The number of benzene rings is 1. The highest BCUT2D eigenvalue weighted by Gasteiger charge is 2.27. The number of methoxy groups -OCH3 is 1. The Morgan fingerprint density at radius 3 is 3.00 bits per heavy atom. The monoisotopic (exact) mass is 310 g/mol. The van der Waals surface area contributed by atoms with E-state index in [-0.39, 0.29) is 17.7 Å². The van der Waals surface area contributed by atoms with Crippen molar-refractivity contribution < 1.29 is 18.7 Å². The van der Waals surface area contributed by atoms with E-state index in [4.69, 9.17) is 9.47 Å². The number of carbonyl (C=O) groups excluding carboxylic acids is 1. The number of nitrogens with one attached hydrogen (secondary N) is 1. The number of hydrogen-bond donors (Lipinski definition) is 1. The molecule has 6 heteroatoms. The van der Waals surface area contributed by atoms with Gasteiger partial charge in [0.15, 0.2) is 11.6 Å². The van der Waals surface area contributed by atoms with Gasteiger partial charge >= 0.3 is 0 Å². The van der Waals surface area contributed by atoms with E-state index in [1.165, 1.54) is 13.2 Å². The molecule has 0 spiro atoms. The maximum atomic E-state index is 13.7. The van der Waals surface area contributed by atoms with Gasteiger partial charge in [-0.15, -0.1) is 0 Å². The van der Waals surface area contributed by atoms with Crippen LogP contribution in [0, 0.1) is 5.82 Å². The molecule has 1 aromatic rings. The lowest BCUT2D eigenvalue weighted by Gasteiger charge is -2.31. The van der Waals surface area contributed by atoms with Crippen LogP contribution >= 0.6 is 0 Å². The molecule has 0 radical (unpaired) electrons. The van der Waals surface area contributed by atoms with Gasteiger partial charge in [0.1, 0.15) is 6.10 Å². The molecule has 2 rings (SSSR count). The normalized spacial score (nSPS) is 20.5. The second kappa shape index (κ2) is 7.56. The summed E-state index contributed by atoms with van der Waals surface area (Å²) in [6, 6.07) is 4.38. The Bertz CT molecular complexity index is 524. The summed E-state index contributed by atoms with van der Waals surface area (Å²) < 4.78 is 24.1. The number of morpholine rings is 1. The Balaban J connectivity index is 1.97. The molecule has 2 atom stereocenters. The van der Waals surface area contributed by atoms with Crippen molar-refractivity contribution in [1.29, 1.82) is 0 Å². The summed E-state index contributed by atoms with van der Waals surface area (Å²) in [5.41, 5.74) is 0.690. The largest absolute Gasteiger partial charge is 0.494 e. The first-order chi connectivity index (χ1) is 10.5. The standard InChI is InChI=1S/C16H23FN2O3/c1-4-19-7-8-22-15(10-19)16(20)18-11(2)12-5-6-14(21-3)13(17)9-12/h5-6,9,11,15H,4,7-8,10H2,1-3H3,(H,18,20). The summed E-state index contributed by atoms with van der Waals surface area (Å²) in [6.45, 7) is 6.76. The molecule has 0 bridgehead atoms. The maximum Gasteiger partial charge on any atom is 0.250 e. The van der Waals surface area contributed by atoms with Crippen molar-refractivity contribution in [2.45, 2.75) is 26.0 Å². The van der Waals surface area contributed by atoms with Crippen LogP contribution in [0.3, 0.4) is 0 Å². The van der Waals surface area contributed by atoms with Gasteiger partial charge in [-0.2, -0.15) is 0 Å². The number of likely N-dealkylation sites (N-methyl/N-ethyl adjacent to an activating group) is 1. The fourth-order valence-corrected chi connectivity index (χ4v) is 2.49. The molecule has 0 saturated carbocycles. The number of halogens is 1. The summed E-state index contributed by atoms with van der Waals surface area (Å²) in [4.78, 5) is 14.4. The fourth-order valence-electron chi connectivity index (χ4n) is 2.49. The Morgan fingerprint density at radius 2 is 2.36 bits per heavy atom. The van der Waals surface area contributed by atoms with Crippen LogP contribution in [0.5, 0.6) is 5.75 Å². The number of hydrogen-bond acceptors (Lipinski definition) is 4. The zero-order valence-corrected chi connectivity index (χ0v) is 13.3. The highest BCUT2D eigenvalue weighted by Crippen LogP contribution is 2.22. The molecule has 0 aliphatic carbocycles. The predicted molar refractivity (Wildman–Crippen MR) is 81.4 cm³/mol. The molecule has 1 aliphatic rings. The van der Waals surface area contributed by atoms with Crippen LogP contribution in [-0.2, 0) is 9.53 Å². The maximum absolute atomic E-state index is 13.7. The molecule has 1 N–H and O–H groups in total. The number of amides is 1. The van der Waals surface area contributed by atoms with E-state index < -0.39 is 11.9 Å². The van der Waals surface area contributed by atoms with E-state index in [0.717, 1.165) is 13.1 Å². The van der Waals surface area contributed by atoms with Gasteiger partial charge in [-0.25, -0.2) is 4.39 Å². The first-order valence-electron chi connectivity index (χ1n) is 7.53. The van der Waals surface area contributed by atoms with Crippen molar-refractivity contribution in [3.05, 3.63) is 29.6 Å². The van der Waals surface area contributed by atoms with Crippen molar-refractivity contribution in [3.8, 4) is 5.75 Å². The van der Waals surface area contributed by atoms with Crippen molar-refractivity contribution >= 4 is 5.91 Å². The molecule has 1 amide bonds. The van der Waals surface area contributed by atoms with Gasteiger partial charge in [-0.05, 0) is 31.2 Å². The van der Waals surface area contributed by atoms with Crippen LogP contribution in [0.1, 0.15) is 25.5 Å². The Morgan fingerprint density at radius 1 is 1.59 bits per heavy atom. The van der Waals surface area contributed by atoms with E-state index in [0.29, 0.717) is 18.7 Å². The third-order valence-electron chi connectivity index (χ3n) is 3.92. The highest BCUT2D eigenvalue weighted by molar-refractivity contribution is 5.81. The molecule has 5 nitrogen and oxygen atoms in total. The quantitative estimate of drug-likeness (QED) is 0.900. The average molecular weight is 310 g/mol. The molecule has 1 aliphatic heterocycles. The minimum absolute atomic E-state index is 0.165. The predicted octanol–water partition coefficient (Wildman–Crippen LogP) is 1.73. The Labute approximate surface area is 130 Å². The zero-order valence-electron chi connectivity index (χ0n) is 13.3. The van der Waals surface area contributed by atoms with Gasteiger partial charge in [0.05, 0.1) is 19.8 Å². The van der Waals surface area contributed by atoms with Crippen LogP contribution in [-0.4, -0.2) is 50.3 Å². The molecule has 1 heterocycles. The fraction of sp³-hybridized carbons (Fsp3) is 0.562. The molecule has 1 fully saturated rings. The molecular weight excluding hydrogens is 287 g/mol. The highest BCUT2D eigenvalue weighted by atomic mass is 19.1. The van der Waals surface area contributed by atoms with Crippen molar-refractivity contribution in [2.24, 2.45) is 0 Å². The third kappa shape index (κ3) is 3.96. The van der Waals surface area contributed by atoms with E-state index >= 15 is 0 Å². The van der Waals surface area contributed by atoms with Crippen LogP contribution in [0.25, 0.3) is 0 Å². The van der Waals surface area contributed by atoms with Gasteiger partial charge in [0.25, 0.3) is 5.91 Å². The summed E-state index contributed by atoms with van der Waals surface area (Å²) >= 11 is 0. The number of carbonyl (C=O) groups is 1. The number of rotatable bonds is 5. The molecule has 122 valence electrons. The number of nitrogens with zero attached hydrogens (tertiary/aromatic N) is 1. The Hall–Kier alpha value is -1.66. The van der Waals surface area contributed by atoms with E-state index in [1.807, 2.05) is 6.92 Å².